The van der Waals surface area contributed by atoms with Gasteiger partial charge in [-0.25, -0.2) is 9.59 Å². The van der Waals surface area contributed by atoms with Gasteiger partial charge in [0.1, 0.15) is 11.4 Å². The van der Waals surface area contributed by atoms with Gasteiger partial charge in [0, 0.05) is 44.6 Å². The zero-order valence-electron chi connectivity index (χ0n) is 31.3. The van der Waals surface area contributed by atoms with E-state index in [-0.39, 0.29) is 17.3 Å². The van der Waals surface area contributed by atoms with E-state index in [2.05, 4.69) is 34.6 Å². The Morgan fingerprint density at radius 3 is 1.58 bits per heavy atom. The fraction of sp³-hybridized carbons (Fsp3) is 0.333. The van der Waals surface area contributed by atoms with Crippen LogP contribution in [-0.4, -0.2) is 34.9 Å². The number of carbonyl (C=O) groups excluding carboxylic acids is 4. The fourth-order valence-electron chi connectivity index (χ4n) is 7.11. The first-order valence-electron chi connectivity index (χ1n) is 19.0. The van der Waals surface area contributed by atoms with Gasteiger partial charge in [0.05, 0.1) is 0 Å². The molecule has 284 valence electrons. The monoisotopic (exact) mass is 774 g/mol. The SMILES string of the molecule is CC(=O)O/N=C(\CCC1CC(c2ccc(Sc3ccc(C(=O)/C(CC4CCCCC4)=N/OC(C)=O)cc3)cc2)C1)C(=O)c1ccc(Sc2ccccc2)cc1. The molecule has 8 nitrogen and oxygen atoms in total. The maximum atomic E-state index is 13.4. The van der Waals surface area contributed by atoms with Crippen molar-refractivity contribution in [3.05, 3.63) is 120 Å². The number of Topliss-reactive ketones (excluding diaryl/α,β-unsaturated/α-hetero) is 2. The highest BCUT2D eigenvalue weighted by Gasteiger charge is 2.31. The standard InChI is InChI=1S/C45H46N2O6S2/c1-30(48)52-46-42(44(50)35-16-22-40(23-17-35)54-38-11-7-4-8-12-38)26-13-33-27-37(28-33)34-14-20-39(21-15-34)55-41-24-18-36(19-25-41)45(51)43(47-53-31(2)49)29-32-9-5-3-6-10-32/h4,7-8,11-12,14-25,32-33,37H,3,5-6,9-10,13,26-29H2,1-2H3/b46-42+,47-43+. The molecule has 10 heteroatoms. The lowest BCUT2D eigenvalue weighted by Crippen LogP contribution is -2.24. The number of hydrogen-bond acceptors (Lipinski definition) is 10. The van der Waals surface area contributed by atoms with Crippen molar-refractivity contribution in [3.63, 3.8) is 0 Å². The highest BCUT2D eigenvalue weighted by Crippen LogP contribution is 2.44. The van der Waals surface area contributed by atoms with Crippen LogP contribution in [0.15, 0.2) is 133 Å². The second-order valence-electron chi connectivity index (χ2n) is 14.3. The highest BCUT2D eigenvalue weighted by atomic mass is 32.2. The number of ketones is 2. The van der Waals surface area contributed by atoms with E-state index in [1.807, 2.05) is 66.7 Å². The predicted molar refractivity (Wildman–Crippen MR) is 217 cm³/mol. The van der Waals surface area contributed by atoms with Crippen LogP contribution in [0.4, 0.5) is 0 Å². The van der Waals surface area contributed by atoms with Gasteiger partial charge in [-0.1, -0.05) is 96.3 Å². The molecule has 55 heavy (non-hydrogen) atoms. The van der Waals surface area contributed by atoms with Crippen LogP contribution in [0, 0.1) is 11.8 Å². The molecule has 0 aliphatic heterocycles. The molecule has 0 aromatic heterocycles. The maximum absolute atomic E-state index is 13.4. The van der Waals surface area contributed by atoms with Crippen LogP contribution in [0.3, 0.4) is 0 Å². The Balaban J connectivity index is 0.985. The van der Waals surface area contributed by atoms with Crippen molar-refractivity contribution in [1.82, 2.24) is 0 Å². The minimum atomic E-state index is -0.557. The van der Waals surface area contributed by atoms with Crippen molar-refractivity contribution in [2.45, 2.75) is 104 Å². The number of carbonyl (C=O) groups is 4. The average molecular weight is 775 g/mol. The van der Waals surface area contributed by atoms with Crippen molar-refractivity contribution < 1.29 is 28.9 Å². The summed E-state index contributed by atoms with van der Waals surface area (Å²) in [4.78, 5) is 63.8. The van der Waals surface area contributed by atoms with Crippen molar-refractivity contribution in [2.24, 2.45) is 22.1 Å². The first-order chi connectivity index (χ1) is 26.7. The molecule has 2 fully saturated rings. The quantitative estimate of drug-likeness (QED) is 0.0479. The second-order valence-corrected chi connectivity index (χ2v) is 16.6. The minimum absolute atomic E-state index is 0.199. The Morgan fingerprint density at radius 2 is 1.05 bits per heavy atom. The third-order valence-electron chi connectivity index (χ3n) is 10.1. The summed E-state index contributed by atoms with van der Waals surface area (Å²) < 4.78 is 0. The van der Waals surface area contributed by atoms with Gasteiger partial charge in [0.15, 0.2) is 0 Å². The van der Waals surface area contributed by atoms with Crippen molar-refractivity contribution >= 4 is 58.5 Å². The van der Waals surface area contributed by atoms with Gasteiger partial charge < -0.3 is 9.68 Å². The van der Waals surface area contributed by atoms with Gasteiger partial charge in [-0.15, -0.1) is 0 Å². The second kappa shape index (κ2) is 19.7. The topological polar surface area (TPSA) is 111 Å². The molecule has 0 atom stereocenters. The van der Waals surface area contributed by atoms with Gasteiger partial charge >= 0.3 is 11.9 Å². The van der Waals surface area contributed by atoms with Crippen LogP contribution < -0.4 is 0 Å². The van der Waals surface area contributed by atoms with Gasteiger partial charge in [-0.2, -0.15) is 0 Å². The summed E-state index contributed by atoms with van der Waals surface area (Å²) in [7, 11) is 0. The lowest BCUT2D eigenvalue weighted by molar-refractivity contribution is -0.141. The van der Waals surface area contributed by atoms with Crippen molar-refractivity contribution in [2.75, 3.05) is 0 Å². The van der Waals surface area contributed by atoms with Crippen LogP contribution in [0.2, 0.25) is 0 Å². The molecule has 0 bridgehead atoms. The summed E-state index contributed by atoms with van der Waals surface area (Å²) >= 11 is 3.26. The predicted octanol–water partition coefficient (Wildman–Crippen LogP) is 11.1. The molecule has 2 aliphatic rings. The van der Waals surface area contributed by atoms with E-state index >= 15 is 0 Å². The third-order valence-corrected chi connectivity index (χ3v) is 12.2. The normalized spacial score (nSPS) is 17.6. The Labute approximate surface area is 331 Å². The summed E-state index contributed by atoms with van der Waals surface area (Å²) in [5.41, 5.74) is 2.90. The molecule has 4 aromatic rings. The molecule has 4 aromatic carbocycles. The van der Waals surface area contributed by atoms with E-state index in [1.165, 1.54) is 25.8 Å². The molecule has 0 spiro atoms. The summed E-state index contributed by atoms with van der Waals surface area (Å²) in [6.07, 6.45) is 9.43. The first-order valence-corrected chi connectivity index (χ1v) is 20.6. The third kappa shape index (κ3) is 11.8. The first kappa shape index (κ1) is 39.9. The highest BCUT2D eigenvalue weighted by molar-refractivity contribution is 7.99. The molecule has 0 amide bonds. The van der Waals surface area contributed by atoms with Crippen LogP contribution in [0.1, 0.15) is 110 Å². The van der Waals surface area contributed by atoms with E-state index < -0.39 is 11.9 Å². The summed E-state index contributed by atoms with van der Waals surface area (Å²) in [6.45, 7) is 2.57. The molecule has 0 unspecified atom stereocenters. The molecule has 6 rings (SSSR count). The zero-order chi connectivity index (χ0) is 38.6. The lowest BCUT2D eigenvalue weighted by atomic mass is 9.69. The molecule has 2 aliphatic carbocycles. The number of rotatable bonds is 16. The molecule has 0 radical (unpaired) electrons. The Morgan fingerprint density at radius 1 is 0.582 bits per heavy atom. The van der Waals surface area contributed by atoms with Crippen LogP contribution in [0.5, 0.6) is 0 Å². The molecule has 0 heterocycles. The smallest absolute Gasteiger partial charge is 0.318 e. The van der Waals surface area contributed by atoms with Crippen LogP contribution >= 0.6 is 23.5 Å². The van der Waals surface area contributed by atoms with Gasteiger partial charge in [0.2, 0.25) is 11.6 Å². The Hall–Kier alpha value is -4.80. The van der Waals surface area contributed by atoms with E-state index in [1.54, 1.807) is 35.7 Å². The van der Waals surface area contributed by atoms with E-state index in [9.17, 15) is 19.2 Å². The maximum Gasteiger partial charge on any atom is 0.331 e. The van der Waals surface area contributed by atoms with Crippen LogP contribution in [-0.2, 0) is 19.3 Å². The molecular weight excluding hydrogens is 729 g/mol. The molecule has 2 saturated carbocycles. The molecular formula is C45H46N2O6S2. The summed E-state index contributed by atoms with van der Waals surface area (Å²) in [5.74, 6) is -0.242. The number of benzene rings is 4. The van der Waals surface area contributed by atoms with Gasteiger partial charge in [0.25, 0.3) is 0 Å². The van der Waals surface area contributed by atoms with Crippen molar-refractivity contribution in [3.8, 4) is 0 Å². The number of oxime groups is 2. The number of nitrogens with zero attached hydrogens (tertiary/aromatic N) is 2. The lowest BCUT2D eigenvalue weighted by Gasteiger charge is -2.36. The average Bonchev–Trinajstić information content (AvgIpc) is 3.18. The summed E-state index contributed by atoms with van der Waals surface area (Å²) in [6, 6.07) is 33.6. The van der Waals surface area contributed by atoms with E-state index in [4.69, 9.17) is 9.68 Å². The minimum Gasteiger partial charge on any atom is -0.318 e. The largest absolute Gasteiger partial charge is 0.331 e. The fourth-order valence-corrected chi connectivity index (χ4v) is 8.76. The van der Waals surface area contributed by atoms with Crippen molar-refractivity contribution in [1.29, 1.82) is 0 Å². The number of hydrogen-bond donors (Lipinski definition) is 0. The Bertz CT molecular complexity index is 2000. The van der Waals surface area contributed by atoms with Gasteiger partial charge in [-0.3, -0.25) is 9.59 Å². The van der Waals surface area contributed by atoms with E-state index in [0.717, 1.165) is 64.5 Å². The Kier molecular flexibility index (Phi) is 14.3. The molecule has 0 N–H and O–H groups in total. The summed E-state index contributed by atoms with van der Waals surface area (Å²) in [5, 5.41) is 7.93. The zero-order valence-corrected chi connectivity index (χ0v) is 32.9. The molecule has 0 saturated heterocycles. The van der Waals surface area contributed by atoms with Crippen LogP contribution in [0.25, 0.3) is 0 Å². The van der Waals surface area contributed by atoms with E-state index in [0.29, 0.717) is 47.4 Å². The van der Waals surface area contributed by atoms with Gasteiger partial charge in [-0.05, 0) is 128 Å².